The van der Waals surface area contributed by atoms with Gasteiger partial charge in [-0.3, -0.25) is 4.90 Å². The van der Waals surface area contributed by atoms with Crippen LogP contribution >= 0.6 is 11.6 Å². The molecule has 7 heteroatoms. The molecule has 0 saturated carbocycles. The summed E-state index contributed by atoms with van der Waals surface area (Å²) in [5, 5.41) is 0.285. The molecule has 2 saturated heterocycles. The van der Waals surface area contributed by atoms with E-state index in [1.54, 1.807) is 28.6 Å². The summed E-state index contributed by atoms with van der Waals surface area (Å²) >= 11 is 6.08. The molecule has 0 amide bonds. The van der Waals surface area contributed by atoms with Crippen LogP contribution in [-0.4, -0.2) is 63.1 Å². The number of sulfonamides is 1. The minimum Gasteiger partial charge on any atom is -0.377 e. The van der Waals surface area contributed by atoms with Gasteiger partial charge in [0.25, 0.3) is 0 Å². The highest BCUT2D eigenvalue weighted by molar-refractivity contribution is 7.89. The standard InChI is InChI=1S/C16H23ClN2O3S/c17-15-6-1-2-7-16(15)23(20,21)19-9-4-8-18(10-11-19)13-14-5-3-12-22-14/h1-2,6-7,14H,3-5,8-13H2/t14-/m0/s1. The average Bonchev–Trinajstić information content (AvgIpc) is 2.91. The largest absolute Gasteiger partial charge is 0.377 e. The summed E-state index contributed by atoms with van der Waals surface area (Å²) in [6.45, 7) is 4.44. The lowest BCUT2D eigenvalue weighted by Gasteiger charge is -2.24. The van der Waals surface area contributed by atoms with Crippen molar-refractivity contribution >= 4 is 21.6 Å². The van der Waals surface area contributed by atoms with Crippen LogP contribution < -0.4 is 0 Å². The van der Waals surface area contributed by atoms with Crippen molar-refractivity contribution in [1.29, 1.82) is 0 Å². The molecule has 128 valence electrons. The van der Waals surface area contributed by atoms with Gasteiger partial charge in [0, 0.05) is 32.8 Å². The van der Waals surface area contributed by atoms with E-state index in [0.717, 1.165) is 45.5 Å². The van der Waals surface area contributed by atoms with Crippen molar-refractivity contribution in [2.24, 2.45) is 0 Å². The van der Waals surface area contributed by atoms with Crippen LogP contribution in [0, 0.1) is 0 Å². The van der Waals surface area contributed by atoms with Gasteiger partial charge in [-0.05, 0) is 37.9 Å². The predicted octanol–water partition coefficient (Wildman–Crippen LogP) is 2.22. The normalized spacial score (nSPS) is 24.7. The Morgan fingerprint density at radius 1 is 1.13 bits per heavy atom. The van der Waals surface area contributed by atoms with Crippen molar-refractivity contribution in [1.82, 2.24) is 9.21 Å². The van der Waals surface area contributed by atoms with Gasteiger partial charge in [0.1, 0.15) is 4.90 Å². The Balaban J connectivity index is 1.66. The molecule has 2 heterocycles. The van der Waals surface area contributed by atoms with Gasteiger partial charge in [0.05, 0.1) is 11.1 Å². The lowest BCUT2D eigenvalue weighted by Crippen LogP contribution is -2.37. The summed E-state index contributed by atoms with van der Waals surface area (Å²) in [7, 11) is -3.52. The van der Waals surface area contributed by atoms with E-state index in [0.29, 0.717) is 19.2 Å². The third-order valence-corrected chi connectivity index (χ3v) is 6.89. The maximum Gasteiger partial charge on any atom is 0.244 e. The van der Waals surface area contributed by atoms with E-state index in [1.165, 1.54) is 0 Å². The Hall–Kier alpha value is -0.660. The van der Waals surface area contributed by atoms with E-state index in [2.05, 4.69) is 4.90 Å². The molecule has 1 atom stereocenters. The molecule has 5 nitrogen and oxygen atoms in total. The van der Waals surface area contributed by atoms with Crippen LogP contribution in [0.5, 0.6) is 0 Å². The smallest absolute Gasteiger partial charge is 0.244 e. The molecule has 2 aliphatic rings. The second-order valence-corrected chi connectivity index (χ2v) is 8.44. The van der Waals surface area contributed by atoms with Gasteiger partial charge in [-0.1, -0.05) is 23.7 Å². The van der Waals surface area contributed by atoms with Crippen molar-refractivity contribution < 1.29 is 13.2 Å². The molecule has 0 radical (unpaired) electrons. The summed E-state index contributed by atoms with van der Waals surface area (Å²) in [5.41, 5.74) is 0. The molecule has 0 bridgehead atoms. The number of hydrogen-bond acceptors (Lipinski definition) is 4. The number of halogens is 1. The van der Waals surface area contributed by atoms with E-state index in [4.69, 9.17) is 16.3 Å². The van der Waals surface area contributed by atoms with Crippen LogP contribution in [0.1, 0.15) is 19.3 Å². The Kier molecular flexibility index (Phi) is 5.59. The molecule has 3 rings (SSSR count). The summed E-state index contributed by atoms with van der Waals surface area (Å²) in [6.07, 6.45) is 3.38. The molecule has 0 spiro atoms. The van der Waals surface area contributed by atoms with Crippen LogP contribution in [0.4, 0.5) is 0 Å². The molecule has 0 aromatic heterocycles. The maximum atomic E-state index is 12.8. The zero-order valence-corrected chi connectivity index (χ0v) is 14.7. The Bertz CT molecular complexity index is 632. The molecule has 2 aliphatic heterocycles. The summed E-state index contributed by atoms with van der Waals surface area (Å²) in [5.74, 6) is 0. The first-order chi connectivity index (χ1) is 11.1. The molecule has 0 unspecified atom stereocenters. The molecule has 1 aromatic rings. The van der Waals surface area contributed by atoms with E-state index >= 15 is 0 Å². The fraction of sp³-hybridized carbons (Fsp3) is 0.625. The minimum atomic E-state index is -3.52. The highest BCUT2D eigenvalue weighted by atomic mass is 35.5. The lowest BCUT2D eigenvalue weighted by molar-refractivity contribution is 0.0749. The van der Waals surface area contributed by atoms with Crippen molar-refractivity contribution in [2.75, 3.05) is 39.3 Å². The number of nitrogens with zero attached hydrogens (tertiary/aromatic N) is 2. The molecule has 0 N–H and O–H groups in total. The first-order valence-corrected chi connectivity index (χ1v) is 9.98. The SMILES string of the molecule is O=S(=O)(c1ccccc1Cl)N1CCCN(C[C@@H]2CCCO2)CC1. The van der Waals surface area contributed by atoms with Crippen molar-refractivity contribution in [3.8, 4) is 0 Å². The second-order valence-electron chi connectivity index (χ2n) is 6.12. The molecule has 23 heavy (non-hydrogen) atoms. The Labute approximate surface area is 143 Å². The fourth-order valence-electron chi connectivity index (χ4n) is 3.24. The molecule has 1 aromatic carbocycles. The van der Waals surface area contributed by atoms with Gasteiger partial charge in [0.15, 0.2) is 0 Å². The van der Waals surface area contributed by atoms with Gasteiger partial charge >= 0.3 is 0 Å². The highest BCUT2D eigenvalue weighted by Crippen LogP contribution is 2.25. The quantitative estimate of drug-likeness (QED) is 0.828. The summed E-state index contributed by atoms with van der Waals surface area (Å²) in [6, 6.07) is 6.65. The summed E-state index contributed by atoms with van der Waals surface area (Å²) in [4.78, 5) is 2.52. The third kappa shape index (κ3) is 4.06. The van der Waals surface area contributed by atoms with Crippen molar-refractivity contribution in [3.05, 3.63) is 29.3 Å². The third-order valence-electron chi connectivity index (χ3n) is 4.49. The zero-order valence-electron chi connectivity index (χ0n) is 13.2. The van der Waals surface area contributed by atoms with Crippen molar-refractivity contribution in [2.45, 2.75) is 30.3 Å². The lowest BCUT2D eigenvalue weighted by atomic mass is 10.2. The van der Waals surface area contributed by atoms with Gasteiger partial charge < -0.3 is 4.74 Å². The molecular weight excluding hydrogens is 336 g/mol. The number of rotatable bonds is 4. The Morgan fingerprint density at radius 2 is 1.96 bits per heavy atom. The fourth-order valence-corrected chi connectivity index (χ4v) is 5.20. The molecular formula is C16H23ClN2O3S. The summed E-state index contributed by atoms with van der Waals surface area (Å²) < 4.78 is 32.9. The van der Waals surface area contributed by atoms with E-state index in [9.17, 15) is 8.42 Å². The van der Waals surface area contributed by atoms with E-state index in [-0.39, 0.29) is 9.92 Å². The monoisotopic (exact) mass is 358 g/mol. The van der Waals surface area contributed by atoms with Crippen LogP contribution in [0.25, 0.3) is 0 Å². The minimum absolute atomic E-state index is 0.203. The van der Waals surface area contributed by atoms with Gasteiger partial charge in [-0.25, -0.2) is 8.42 Å². The van der Waals surface area contributed by atoms with Gasteiger partial charge in [-0.15, -0.1) is 0 Å². The van der Waals surface area contributed by atoms with Crippen LogP contribution in [0.15, 0.2) is 29.2 Å². The number of benzene rings is 1. The van der Waals surface area contributed by atoms with E-state index < -0.39 is 10.0 Å². The van der Waals surface area contributed by atoms with Gasteiger partial charge in [0.2, 0.25) is 10.0 Å². The zero-order chi connectivity index (χ0) is 16.3. The number of hydrogen-bond donors (Lipinski definition) is 0. The average molecular weight is 359 g/mol. The second kappa shape index (κ2) is 7.49. The number of ether oxygens (including phenoxy) is 1. The maximum absolute atomic E-state index is 12.8. The first-order valence-electron chi connectivity index (χ1n) is 8.16. The van der Waals surface area contributed by atoms with Gasteiger partial charge in [-0.2, -0.15) is 4.31 Å². The van der Waals surface area contributed by atoms with Crippen LogP contribution in [0.2, 0.25) is 5.02 Å². The Morgan fingerprint density at radius 3 is 2.70 bits per heavy atom. The molecule has 2 fully saturated rings. The van der Waals surface area contributed by atoms with Crippen molar-refractivity contribution in [3.63, 3.8) is 0 Å². The molecule has 0 aliphatic carbocycles. The van der Waals surface area contributed by atoms with Crippen LogP contribution in [-0.2, 0) is 14.8 Å². The van der Waals surface area contributed by atoms with E-state index in [1.807, 2.05) is 0 Å². The highest BCUT2D eigenvalue weighted by Gasteiger charge is 2.29. The predicted molar refractivity (Wildman–Crippen MR) is 90.2 cm³/mol. The van der Waals surface area contributed by atoms with Crippen LogP contribution in [0.3, 0.4) is 0 Å². The first kappa shape index (κ1) is 17.2. The topological polar surface area (TPSA) is 49.9 Å².